The third kappa shape index (κ3) is 4.84. The molecule has 0 saturated carbocycles. The van der Waals surface area contributed by atoms with Gasteiger partial charge in [-0.25, -0.2) is 0 Å². The SMILES string of the molecule is Cc1ccc(OCc2nnc(SCCOc3ccc4ccccc4c3)o2)cc1. The molecule has 1 aromatic heterocycles. The van der Waals surface area contributed by atoms with Crippen molar-refractivity contribution in [2.24, 2.45) is 0 Å². The van der Waals surface area contributed by atoms with E-state index >= 15 is 0 Å². The minimum Gasteiger partial charge on any atom is -0.493 e. The molecule has 0 saturated heterocycles. The summed E-state index contributed by atoms with van der Waals surface area (Å²) in [6.07, 6.45) is 0. The first-order valence-corrected chi connectivity index (χ1v) is 10.0. The number of hydrogen-bond donors (Lipinski definition) is 0. The Bertz CT molecular complexity index is 1050. The lowest BCUT2D eigenvalue weighted by atomic mass is 10.1. The molecule has 0 unspecified atom stereocenters. The van der Waals surface area contributed by atoms with Gasteiger partial charge in [-0.05, 0) is 42.0 Å². The number of hydrogen-bond acceptors (Lipinski definition) is 6. The molecule has 0 aliphatic rings. The second kappa shape index (κ2) is 8.80. The van der Waals surface area contributed by atoms with Gasteiger partial charge in [0.25, 0.3) is 11.1 Å². The van der Waals surface area contributed by atoms with Crippen LogP contribution in [0.4, 0.5) is 0 Å². The summed E-state index contributed by atoms with van der Waals surface area (Å²) in [6.45, 7) is 2.85. The van der Waals surface area contributed by atoms with Crippen LogP contribution in [-0.2, 0) is 6.61 Å². The standard InChI is InChI=1S/C22H20N2O3S/c1-16-6-9-19(10-7-16)26-15-21-23-24-22(27-21)28-13-12-25-20-11-8-17-4-2-3-5-18(17)14-20/h2-11,14H,12-13,15H2,1H3. The molecular weight excluding hydrogens is 372 g/mol. The van der Waals surface area contributed by atoms with Crippen molar-refractivity contribution < 1.29 is 13.9 Å². The summed E-state index contributed by atoms with van der Waals surface area (Å²) in [7, 11) is 0. The molecule has 5 nitrogen and oxygen atoms in total. The van der Waals surface area contributed by atoms with Crippen LogP contribution in [0.2, 0.25) is 0 Å². The Labute approximate surface area is 167 Å². The van der Waals surface area contributed by atoms with Gasteiger partial charge in [0.15, 0.2) is 6.61 Å². The van der Waals surface area contributed by atoms with Gasteiger partial charge in [-0.2, -0.15) is 0 Å². The molecule has 0 aliphatic carbocycles. The molecule has 6 heteroatoms. The van der Waals surface area contributed by atoms with Gasteiger partial charge in [-0.3, -0.25) is 0 Å². The van der Waals surface area contributed by atoms with Gasteiger partial charge >= 0.3 is 0 Å². The lowest BCUT2D eigenvalue weighted by molar-refractivity contribution is 0.252. The summed E-state index contributed by atoms with van der Waals surface area (Å²) in [4.78, 5) is 0. The molecule has 0 amide bonds. The van der Waals surface area contributed by atoms with Gasteiger partial charge in [0, 0.05) is 5.75 Å². The van der Waals surface area contributed by atoms with E-state index in [4.69, 9.17) is 13.9 Å². The van der Waals surface area contributed by atoms with Crippen molar-refractivity contribution in [3.63, 3.8) is 0 Å². The van der Waals surface area contributed by atoms with Crippen molar-refractivity contribution in [1.82, 2.24) is 10.2 Å². The third-order valence-electron chi connectivity index (χ3n) is 4.13. The predicted octanol–water partition coefficient (Wildman–Crippen LogP) is 5.28. The van der Waals surface area contributed by atoms with E-state index in [2.05, 4.69) is 28.4 Å². The number of ether oxygens (including phenoxy) is 2. The maximum atomic E-state index is 5.82. The van der Waals surface area contributed by atoms with Crippen LogP contribution >= 0.6 is 11.8 Å². The van der Waals surface area contributed by atoms with Crippen molar-refractivity contribution in [1.29, 1.82) is 0 Å². The first kappa shape index (κ1) is 18.4. The molecule has 28 heavy (non-hydrogen) atoms. The molecule has 0 bridgehead atoms. The molecule has 3 aromatic carbocycles. The average molecular weight is 392 g/mol. The highest BCUT2D eigenvalue weighted by atomic mass is 32.2. The minimum atomic E-state index is 0.254. The molecule has 0 radical (unpaired) electrons. The fraction of sp³-hybridized carbons (Fsp3) is 0.182. The summed E-state index contributed by atoms with van der Waals surface area (Å²) in [5, 5.41) is 10.9. The van der Waals surface area contributed by atoms with Gasteiger partial charge in [-0.1, -0.05) is 59.8 Å². The molecule has 1 heterocycles. The van der Waals surface area contributed by atoms with Crippen LogP contribution in [0.3, 0.4) is 0 Å². The second-order valence-electron chi connectivity index (χ2n) is 6.27. The summed E-state index contributed by atoms with van der Waals surface area (Å²) in [5.41, 5.74) is 1.19. The molecule has 0 aliphatic heterocycles. The number of aryl methyl sites for hydroxylation is 1. The normalized spacial score (nSPS) is 10.9. The average Bonchev–Trinajstić information content (AvgIpc) is 3.18. The van der Waals surface area contributed by atoms with Crippen LogP contribution in [0, 0.1) is 6.92 Å². The molecule has 0 fully saturated rings. The fourth-order valence-electron chi connectivity index (χ4n) is 2.68. The smallest absolute Gasteiger partial charge is 0.276 e. The molecule has 142 valence electrons. The largest absolute Gasteiger partial charge is 0.493 e. The highest BCUT2D eigenvalue weighted by molar-refractivity contribution is 7.99. The van der Waals surface area contributed by atoms with Gasteiger partial charge in [0.2, 0.25) is 0 Å². The lowest BCUT2D eigenvalue weighted by Gasteiger charge is -2.06. The van der Waals surface area contributed by atoms with E-state index in [1.165, 1.54) is 28.1 Å². The van der Waals surface area contributed by atoms with Gasteiger partial charge < -0.3 is 13.9 Å². The molecule has 0 spiro atoms. The van der Waals surface area contributed by atoms with Crippen LogP contribution in [0.25, 0.3) is 10.8 Å². The fourth-order valence-corrected chi connectivity index (χ4v) is 3.28. The van der Waals surface area contributed by atoms with Crippen molar-refractivity contribution in [3.05, 3.63) is 78.2 Å². The van der Waals surface area contributed by atoms with E-state index in [9.17, 15) is 0 Å². The summed E-state index contributed by atoms with van der Waals surface area (Å²) in [5.74, 6) is 2.81. The van der Waals surface area contributed by atoms with E-state index in [1.54, 1.807) is 0 Å². The second-order valence-corrected chi connectivity index (χ2v) is 7.32. The van der Waals surface area contributed by atoms with Crippen molar-refractivity contribution in [3.8, 4) is 11.5 Å². The highest BCUT2D eigenvalue weighted by Gasteiger charge is 2.08. The zero-order valence-corrected chi connectivity index (χ0v) is 16.3. The van der Waals surface area contributed by atoms with E-state index in [0.29, 0.717) is 23.5 Å². The van der Waals surface area contributed by atoms with Crippen LogP contribution in [0.1, 0.15) is 11.5 Å². The van der Waals surface area contributed by atoms with Gasteiger partial charge in [0.05, 0.1) is 6.61 Å². The minimum absolute atomic E-state index is 0.254. The Kier molecular flexibility index (Phi) is 5.77. The van der Waals surface area contributed by atoms with Gasteiger partial charge in [-0.15, -0.1) is 10.2 Å². The highest BCUT2D eigenvalue weighted by Crippen LogP contribution is 2.22. The number of aromatic nitrogens is 2. The lowest BCUT2D eigenvalue weighted by Crippen LogP contribution is -1.99. The quantitative estimate of drug-likeness (QED) is 0.300. The van der Waals surface area contributed by atoms with E-state index in [-0.39, 0.29) is 6.61 Å². The zero-order chi connectivity index (χ0) is 19.2. The zero-order valence-electron chi connectivity index (χ0n) is 15.5. The Morgan fingerprint density at radius 1 is 0.857 bits per heavy atom. The monoisotopic (exact) mass is 392 g/mol. The molecule has 4 rings (SSSR count). The Balaban J connectivity index is 1.22. The van der Waals surface area contributed by atoms with E-state index in [0.717, 1.165) is 11.5 Å². The summed E-state index contributed by atoms with van der Waals surface area (Å²) < 4.78 is 17.1. The first-order chi connectivity index (χ1) is 13.8. The maximum absolute atomic E-state index is 5.82. The number of benzene rings is 3. The van der Waals surface area contributed by atoms with Crippen LogP contribution in [0.5, 0.6) is 11.5 Å². The van der Waals surface area contributed by atoms with E-state index in [1.807, 2.05) is 55.5 Å². The Morgan fingerprint density at radius 2 is 1.64 bits per heavy atom. The summed E-state index contributed by atoms with van der Waals surface area (Å²) in [6, 6.07) is 22.2. The first-order valence-electron chi connectivity index (χ1n) is 9.02. The van der Waals surface area contributed by atoms with Crippen molar-refractivity contribution in [2.45, 2.75) is 18.8 Å². The van der Waals surface area contributed by atoms with Crippen molar-refractivity contribution in [2.75, 3.05) is 12.4 Å². The maximum Gasteiger partial charge on any atom is 0.276 e. The number of fused-ring (bicyclic) bond motifs is 1. The molecule has 0 atom stereocenters. The van der Waals surface area contributed by atoms with Crippen LogP contribution in [0.15, 0.2) is 76.4 Å². The number of rotatable bonds is 8. The summed E-state index contributed by atoms with van der Waals surface area (Å²) >= 11 is 1.47. The Hall–Kier alpha value is -2.99. The molecule has 0 N–H and O–H groups in total. The van der Waals surface area contributed by atoms with Crippen LogP contribution < -0.4 is 9.47 Å². The van der Waals surface area contributed by atoms with Crippen molar-refractivity contribution >= 4 is 22.5 Å². The topological polar surface area (TPSA) is 57.4 Å². The molecule has 4 aromatic rings. The number of nitrogens with zero attached hydrogens (tertiary/aromatic N) is 2. The Morgan fingerprint density at radius 3 is 2.50 bits per heavy atom. The van der Waals surface area contributed by atoms with Gasteiger partial charge in [0.1, 0.15) is 11.5 Å². The molecular formula is C22H20N2O3S. The van der Waals surface area contributed by atoms with Crippen LogP contribution in [-0.4, -0.2) is 22.6 Å². The van der Waals surface area contributed by atoms with E-state index < -0.39 is 0 Å². The number of thioether (sulfide) groups is 1. The third-order valence-corrected chi connectivity index (χ3v) is 4.91. The predicted molar refractivity (Wildman–Crippen MR) is 110 cm³/mol.